The summed E-state index contributed by atoms with van der Waals surface area (Å²) in [6, 6.07) is 9.38. The number of nitrogens with one attached hydrogen (secondary N) is 2. The Kier molecular flexibility index (Phi) is 6.36. The molecule has 27 heavy (non-hydrogen) atoms. The average molecular weight is 408 g/mol. The molecule has 1 aliphatic heterocycles. The largest absolute Gasteiger partial charge is 0.466 e. The van der Waals surface area contributed by atoms with Gasteiger partial charge < -0.3 is 10.1 Å². The number of carbonyl (C=O) groups is 1. The van der Waals surface area contributed by atoms with Crippen LogP contribution in [0.3, 0.4) is 0 Å². The van der Waals surface area contributed by atoms with Crippen LogP contribution in [0.1, 0.15) is 24.2 Å². The fourth-order valence-corrected chi connectivity index (χ4v) is 4.15. The van der Waals surface area contributed by atoms with Crippen molar-refractivity contribution >= 4 is 29.3 Å². The zero-order valence-corrected chi connectivity index (χ0v) is 16.4. The molecule has 2 N–H and O–H groups in total. The van der Waals surface area contributed by atoms with Crippen molar-refractivity contribution < 1.29 is 13.9 Å². The molecule has 0 spiro atoms. The standard InChI is InChI=1S/C19H19ClFN3O2S/c1-11-16(18(25)26-2)17(14-7-6-12(21)9-15(14)20)24-19(23-11)27-10-13-5-3-4-8-22-13/h3-9,17,19,23-24H,10H2,1-2H3. The number of ether oxygens (including phenoxy) is 1. The van der Waals surface area contributed by atoms with Crippen LogP contribution < -0.4 is 10.6 Å². The first-order valence-corrected chi connectivity index (χ1v) is 9.70. The molecular formula is C19H19ClFN3O2S. The van der Waals surface area contributed by atoms with E-state index in [2.05, 4.69) is 15.6 Å². The Morgan fingerprint density at radius 1 is 1.37 bits per heavy atom. The summed E-state index contributed by atoms with van der Waals surface area (Å²) in [6.07, 6.45) is 1.75. The summed E-state index contributed by atoms with van der Waals surface area (Å²) in [7, 11) is 1.33. The zero-order chi connectivity index (χ0) is 19.4. The van der Waals surface area contributed by atoms with E-state index >= 15 is 0 Å². The molecular weight excluding hydrogens is 389 g/mol. The number of pyridine rings is 1. The number of rotatable bonds is 5. The topological polar surface area (TPSA) is 63.2 Å². The van der Waals surface area contributed by atoms with Gasteiger partial charge in [0.15, 0.2) is 0 Å². The van der Waals surface area contributed by atoms with Crippen LogP contribution in [0.25, 0.3) is 0 Å². The molecule has 8 heteroatoms. The van der Waals surface area contributed by atoms with Gasteiger partial charge in [-0.05, 0) is 36.8 Å². The highest BCUT2D eigenvalue weighted by molar-refractivity contribution is 7.99. The minimum Gasteiger partial charge on any atom is -0.466 e. The highest BCUT2D eigenvalue weighted by Crippen LogP contribution is 2.35. The number of hydrogen-bond acceptors (Lipinski definition) is 6. The zero-order valence-electron chi connectivity index (χ0n) is 14.8. The van der Waals surface area contributed by atoms with Gasteiger partial charge in [0.05, 0.1) is 24.4 Å². The predicted octanol–water partition coefficient (Wildman–Crippen LogP) is 3.77. The lowest BCUT2D eigenvalue weighted by molar-refractivity contribution is -0.136. The average Bonchev–Trinajstić information content (AvgIpc) is 2.66. The number of aromatic nitrogens is 1. The Labute approximate surface area is 166 Å². The van der Waals surface area contributed by atoms with Crippen LogP contribution in [-0.2, 0) is 15.3 Å². The minimum absolute atomic E-state index is 0.188. The molecule has 0 bridgehead atoms. The van der Waals surface area contributed by atoms with Crippen LogP contribution in [-0.4, -0.2) is 23.6 Å². The number of nitrogens with zero attached hydrogens (tertiary/aromatic N) is 1. The van der Waals surface area contributed by atoms with Gasteiger partial charge in [-0.3, -0.25) is 10.3 Å². The smallest absolute Gasteiger partial charge is 0.337 e. The second-order valence-corrected chi connectivity index (χ2v) is 7.45. The van der Waals surface area contributed by atoms with Gasteiger partial charge >= 0.3 is 5.97 Å². The van der Waals surface area contributed by atoms with E-state index in [1.807, 2.05) is 25.1 Å². The summed E-state index contributed by atoms with van der Waals surface area (Å²) in [5, 5.41) is 6.87. The van der Waals surface area contributed by atoms with Crippen LogP contribution >= 0.6 is 23.4 Å². The Morgan fingerprint density at radius 3 is 2.85 bits per heavy atom. The van der Waals surface area contributed by atoms with Crippen LogP contribution in [0.2, 0.25) is 5.02 Å². The lowest BCUT2D eigenvalue weighted by Crippen LogP contribution is -2.48. The third-order valence-electron chi connectivity index (χ3n) is 4.16. The first-order chi connectivity index (χ1) is 13.0. The fourth-order valence-electron chi connectivity index (χ4n) is 2.87. The van der Waals surface area contributed by atoms with Gasteiger partial charge in [-0.2, -0.15) is 0 Å². The van der Waals surface area contributed by atoms with E-state index in [0.717, 1.165) is 5.69 Å². The van der Waals surface area contributed by atoms with Gasteiger partial charge in [-0.15, -0.1) is 11.8 Å². The van der Waals surface area contributed by atoms with E-state index in [-0.39, 0.29) is 10.5 Å². The Bertz CT molecular complexity index is 863. The predicted molar refractivity (Wildman–Crippen MR) is 104 cm³/mol. The Hall–Kier alpha value is -2.09. The Balaban J connectivity index is 1.87. The van der Waals surface area contributed by atoms with Crippen molar-refractivity contribution in [1.29, 1.82) is 0 Å². The quantitative estimate of drug-likeness (QED) is 0.735. The first kappa shape index (κ1) is 19.7. The molecule has 1 aromatic heterocycles. The molecule has 0 fully saturated rings. The molecule has 2 aromatic rings. The summed E-state index contributed by atoms with van der Waals surface area (Å²) in [4.78, 5) is 16.6. The van der Waals surface area contributed by atoms with Gasteiger partial charge in [0, 0.05) is 22.7 Å². The molecule has 1 aromatic carbocycles. The van der Waals surface area contributed by atoms with Crippen molar-refractivity contribution in [2.75, 3.05) is 7.11 Å². The number of allylic oxidation sites excluding steroid dienone is 1. The number of thioether (sulfide) groups is 1. The lowest BCUT2D eigenvalue weighted by Gasteiger charge is -2.35. The molecule has 0 saturated carbocycles. The minimum atomic E-state index is -0.520. The molecule has 2 unspecified atom stereocenters. The number of hydrogen-bond donors (Lipinski definition) is 2. The number of esters is 1. The SMILES string of the molecule is COC(=O)C1=C(C)NC(SCc2ccccn2)NC1c1ccc(F)cc1Cl. The summed E-state index contributed by atoms with van der Waals surface area (Å²) >= 11 is 7.85. The van der Waals surface area contributed by atoms with E-state index < -0.39 is 17.8 Å². The summed E-state index contributed by atoms with van der Waals surface area (Å²) < 4.78 is 18.4. The molecule has 0 aliphatic carbocycles. The molecule has 142 valence electrons. The third-order valence-corrected chi connectivity index (χ3v) is 5.54. The monoisotopic (exact) mass is 407 g/mol. The number of methoxy groups -OCH3 is 1. The van der Waals surface area contributed by atoms with Crippen LogP contribution in [0.15, 0.2) is 53.9 Å². The van der Waals surface area contributed by atoms with Gasteiger partial charge in [0.1, 0.15) is 11.3 Å². The molecule has 3 rings (SSSR count). The van der Waals surface area contributed by atoms with E-state index in [9.17, 15) is 9.18 Å². The molecule has 0 radical (unpaired) electrons. The first-order valence-electron chi connectivity index (χ1n) is 8.27. The second-order valence-electron chi connectivity index (χ2n) is 5.95. The van der Waals surface area contributed by atoms with E-state index in [4.69, 9.17) is 16.3 Å². The maximum absolute atomic E-state index is 13.5. The number of benzene rings is 1. The van der Waals surface area contributed by atoms with Crippen molar-refractivity contribution in [1.82, 2.24) is 15.6 Å². The fraction of sp³-hybridized carbons (Fsp3) is 0.263. The van der Waals surface area contributed by atoms with Crippen LogP contribution in [0.4, 0.5) is 4.39 Å². The molecule has 1 aliphatic rings. The van der Waals surface area contributed by atoms with Gasteiger partial charge in [-0.25, -0.2) is 9.18 Å². The summed E-state index contributed by atoms with van der Waals surface area (Å²) in [5.74, 6) is -0.221. The van der Waals surface area contributed by atoms with Crippen molar-refractivity contribution in [2.45, 2.75) is 24.2 Å². The van der Waals surface area contributed by atoms with Crippen molar-refractivity contribution in [3.05, 3.63) is 76.0 Å². The van der Waals surface area contributed by atoms with Crippen molar-refractivity contribution in [3.8, 4) is 0 Å². The maximum Gasteiger partial charge on any atom is 0.337 e. The summed E-state index contributed by atoms with van der Waals surface area (Å²) in [5.41, 5.74) is 2.47. The number of halogens is 2. The van der Waals surface area contributed by atoms with E-state index in [1.165, 1.54) is 19.2 Å². The molecule has 2 heterocycles. The molecule has 0 saturated heterocycles. The summed E-state index contributed by atoms with van der Waals surface area (Å²) in [6.45, 7) is 1.81. The van der Waals surface area contributed by atoms with Crippen molar-refractivity contribution in [3.63, 3.8) is 0 Å². The molecule has 5 nitrogen and oxygen atoms in total. The van der Waals surface area contributed by atoms with Crippen LogP contribution in [0, 0.1) is 5.82 Å². The molecule has 2 atom stereocenters. The van der Waals surface area contributed by atoms with Crippen LogP contribution in [0.5, 0.6) is 0 Å². The van der Waals surface area contributed by atoms with Gasteiger partial charge in [-0.1, -0.05) is 23.7 Å². The highest BCUT2D eigenvalue weighted by atomic mass is 35.5. The van der Waals surface area contributed by atoms with E-state index in [0.29, 0.717) is 22.6 Å². The Morgan fingerprint density at radius 2 is 2.19 bits per heavy atom. The van der Waals surface area contributed by atoms with Gasteiger partial charge in [0.2, 0.25) is 0 Å². The number of carbonyl (C=O) groups excluding carboxylic acids is 1. The van der Waals surface area contributed by atoms with E-state index in [1.54, 1.807) is 24.0 Å². The third kappa shape index (κ3) is 4.61. The second kappa shape index (κ2) is 8.73. The lowest BCUT2D eigenvalue weighted by atomic mass is 9.95. The molecule has 0 amide bonds. The normalized spacial score (nSPS) is 19.6. The van der Waals surface area contributed by atoms with Crippen molar-refractivity contribution in [2.24, 2.45) is 0 Å². The maximum atomic E-state index is 13.5. The van der Waals surface area contributed by atoms with Gasteiger partial charge in [0.25, 0.3) is 0 Å². The highest BCUT2D eigenvalue weighted by Gasteiger charge is 2.33.